The van der Waals surface area contributed by atoms with Gasteiger partial charge in [-0.15, -0.1) is 0 Å². The minimum absolute atomic E-state index is 0.223. The highest BCUT2D eigenvalue weighted by atomic mass is 16.6. The molecule has 3 aliphatic carbocycles. The van der Waals surface area contributed by atoms with Crippen molar-refractivity contribution in [2.45, 2.75) is 45.1 Å². The Bertz CT molecular complexity index is 586. The third-order valence-corrected chi connectivity index (χ3v) is 6.12. The van der Waals surface area contributed by atoms with Gasteiger partial charge in [0.25, 0.3) is 5.69 Å². The molecule has 0 saturated heterocycles. The zero-order valence-electron chi connectivity index (χ0n) is 12.4. The predicted octanol–water partition coefficient (Wildman–Crippen LogP) is 4.14. The van der Waals surface area contributed by atoms with Crippen LogP contribution in [0, 0.1) is 40.7 Å². The van der Waals surface area contributed by atoms with Gasteiger partial charge in [-0.3, -0.25) is 10.1 Å². The minimum Gasteiger partial charge on any atom is -0.376 e. The molecule has 3 fully saturated rings. The number of fused-ring (bicyclic) bond motifs is 5. The maximum Gasteiger partial charge on any atom is 0.292 e. The highest BCUT2D eigenvalue weighted by Crippen LogP contribution is 2.59. The first-order valence-electron chi connectivity index (χ1n) is 8.15. The lowest BCUT2D eigenvalue weighted by atomic mass is 9.79. The van der Waals surface area contributed by atoms with Gasteiger partial charge in [-0.1, -0.05) is 12.5 Å². The third-order valence-electron chi connectivity index (χ3n) is 6.12. The number of nitrogens with zero attached hydrogens (tertiary/aromatic N) is 1. The smallest absolute Gasteiger partial charge is 0.292 e. The number of hydrogen-bond donors (Lipinski definition) is 1. The lowest BCUT2D eigenvalue weighted by Crippen LogP contribution is -2.34. The molecule has 5 atom stereocenters. The van der Waals surface area contributed by atoms with Crippen molar-refractivity contribution in [2.75, 3.05) is 5.32 Å². The summed E-state index contributed by atoms with van der Waals surface area (Å²) in [5.74, 6) is 3.44. The molecule has 4 heteroatoms. The zero-order valence-corrected chi connectivity index (χ0v) is 12.4. The summed E-state index contributed by atoms with van der Waals surface area (Å²) >= 11 is 0. The van der Waals surface area contributed by atoms with Crippen molar-refractivity contribution < 1.29 is 4.92 Å². The van der Waals surface area contributed by atoms with Crippen molar-refractivity contribution in [2.24, 2.45) is 23.7 Å². The normalized spacial score (nSPS) is 36.7. The van der Waals surface area contributed by atoms with Crippen LogP contribution in [-0.2, 0) is 0 Å². The number of anilines is 1. The van der Waals surface area contributed by atoms with Crippen LogP contribution in [0.15, 0.2) is 18.2 Å². The Kier molecular flexibility index (Phi) is 2.95. The van der Waals surface area contributed by atoms with Crippen molar-refractivity contribution in [3.05, 3.63) is 33.9 Å². The van der Waals surface area contributed by atoms with E-state index in [2.05, 4.69) is 5.32 Å². The Labute approximate surface area is 125 Å². The van der Waals surface area contributed by atoms with Crippen LogP contribution in [0.25, 0.3) is 0 Å². The van der Waals surface area contributed by atoms with Crippen molar-refractivity contribution in [1.29, 1.82) is 0 Å². The molecule has 0 amide bonds. The molecule has 1 N–H and O–H groups in total. The van der Waals surface area contributed by atoms with Crippen LogP contribution >= 0.6 is 0 Å². The molecule has 0 spiro atoms. The molecule has 21 heavy (non-hydrogen) atoms. The van der Waals surface area contributed by atoms with Crippen LogP contribution in [0.5, 0.6) is 0 Å². The molecule has 0 radical (unpaired) electrons. The number of benzene rings is 1. The molecule has 0 aromatic heterocycles. The Morgan fingerprint density at radius 2 is 2.00 bits per heavy atom. The number of nitrogens with one attached hydrogen (secondary N) is 1. The SMILES string of the molecule is Cc1ccc(NC2CC3CC2C2CCCC32)c([N+](=O)[O-])c1. The molecule has 4 rings (SSSR count). The molecular weight excluding hydrogens is 264 g/mol. The van der Waals surface area contributed by atoms with E-state index in [-0.39, 0.29) is 10.6 Å². The second-order valence-corrected chi connectivity index (χ2v) is 7.18. The highest BCUT2D eigenvalue weighted by Gasteiger charge is 2.53. The quantitative estimate of drug-likeness (QED) is 0.671. The Morgan fingerprint density at radius 3 is 2.81 bits per heavy atom. The van der Waals surface area contributed by atoms with Crippen LogP contribution in [0.3, 0.4) is 0 Å². The van der Waals surface area contributed by atoms with Gasteiger partial charge in [0, 0.05) is 12.1 Å². The Hall–Kier alpha value is -1.58. The zero-order chi connectivity index (χ0) is 14.6. The summed E-state index contributed by atoms with van der Waals surface area (Å²) in [7, 11) is 0. The fourth-order valence-corrected chi connectivity index (χ4v) is 5.35. The summed E-state index contributed by atoms with van der Waals surface area (Å²) in [6, 6.07) is 5.95. The fraction of sp³-hybridized carbons (Fsp3) is 0.647. The van der Waals surface area contributed by atoms with E-state index in [9.17, 15) is 10.1 Å². The van der Waals surface area contributed by atoms with Crippen LogP contribution in [0.4, 0.5) is 11.4 Å². The summed E-state index contributed by atoms with van der Waals surface area (Å²) < 4.78 is 0. The van der Waals surface area contributed by atoms with Gasteiger partial charge in [-0.05, 0) is 67.9 Å². The van der Waals surface area contributed by atoms with Gasteiger partial charge in [0.1, 0.15) is 5.69 Å². The first-order chi connectivity index (χ1) is 10.1. The van der Waals surface area contributed by atoms with Crippen molar-refractivity contribution >= 4 is 11.4 Å². The van der Waals surface area contributed by atoms with E-state index in [0.29, 0.717) is 11.7 Å². The largest absolute Gasteiger partial charge is 0.376 e. The second-order valence-electron chi connectivity index (χ2n) is 7.18. The molecule has 1 aromatic carbocycles. The highest BCUT2D eigenvalue weighted by molar-refractivity contribution is 5.63. The Morgan fingerprint density at radius 1 is 1.19 bits per heavy atom. The summed E-state index contributed by atoms with van der Waals surface area (Å²) in [6.45, 7) is 1.90. The molecule has 0 heterocycles. The number of nitro benzene ring substituents is 1. The maximum absolute atomic E-state index is 11.3. The van der Waals surface area contributed by atoms with Crippen LogP contribution < -0.4 is 5.32 Å². The average Bonchev–Trinajstić information content (AvgIpc) is 3.12. The van der Waals surface area contributed by atoms with E-state index < -0.39 is 0 Å². The lowest BCUT2D eigenvalue weighted by molar-refractivity contribution is -0.384. The molecule has 3 saturated carbocycles. The summed E-state index contributed by atoms with van der Waals surface area (Å²) in [5.41, 5.74) is 1.87. The average molecular weight is 286 g/mol. The van der Waals surface area contributed by atoms with Gasteiger partial charge >= 0.3 is 0 Å². The van der Waals surface area contributed by atoms with E-state index in [1.165, 1.54) is 32.1 Å². The molecule has 0 aliphatic heterocycles. The first kappa shape index (κ1) is 13.1. The van der Waals surface area contributed by atoms with Gasteiger partial charge in [0.2, 0.25) is 0 Å². The van der Waals surface area contributed by atoms with Crippen molar-refractivity contribution in [3.8, 4) is 0 Å². The van der Waals surface area contributed by atoms with Gasteiger partial charge in [-0.2, -0.15) is 0 Å². The van der Waals surface area contributed by atoms with Gasteiger partial charge in [0.05, 0.1) is 4.92 Å². The minimum atomic E-state index is -0.263. The number of aryl methyl sites for hydroxylation is 1. The predicted molar refractivity (Wildman–Crippen MR) is 82.3 cm³/mol. The lowest BCUT2D eigenvalue weighted by Gasteiger charge is -2.32. The second kappa shape index (κ2) is 4.72. The standard InChI is InChI=1S/C17H22N2O2/c1-10-5-6-15(17(7-10)19(20)21)18-16-9-11-8-14(16)13-4-2-3-12(11)13/h5-7,11-14,16,18H,2-4,8-9H2,1H3. The molecule has 112 valence electrons. The van der Waals surface area contributed by atoms with E-state index in [1.54, 1.807) is 6.07 Å². The molecule has 3 aliphatic rings. The summed E-state index contributed by atoms with van der Waals surface area (Å²) in [4.78, 5) is 11.0. The van der Waals surface area contributed by atoms with E-state index in [0.717, 1.165) is 29.2 Å². The van der Waals surface area contributed by atoms with Gasteiger partial charge in [-0.25, -0.2) is 0 Å². The fourth-order valence-electron chi connectivity index (χ4n) is 5.35. The van der Waals surface area contributed by atoms with E-state index >= 15 is 0 Å². The molecular formula is C17H22N2O2. The number of hydrogen-bond acceptors (Lipinski definition) is 3. The van der Waals surface area contributed by atoms with E-state index in [1.807, 2.05) is 19.1 Å². The van der Waals surface area contributed by atoms with Gasteiger partial charge in [0.15, 0.2) is 0 Å². The summed E-state index contributed by atoms with van der Waals surface area (Å²) in [5, 5.41) is 14.8. The topological polar surface area (TPSA) is 55.2 Å². The summed E-state index contributed by atoms with van der Waals surface area (Å²) in [6.07, 6.45) is 6.73. The number of rotatable bonds is 3. The molecule has 5 unspecified atom stereocenters. The van der Waals surface area contributed by atoms with Crippen LogP contribution in [0.2, 0.25) is 0 Å². The van der Waals surface area contributed by atoms with Crippen LogP contribution in [-0.4, -0.2) is 11.0 Å². The molecule has 4 nitrogen and oxygen atoms in total. The van der Waals surface area contributed by atoms with E-state index in [4.69, 9.17) is 0 Å². The van der Waals surface area contributed by atoms with Gasteiger partial charge < -0.3 is 5.32 Å². The van der Waals surface area contributed by atoms with Crippen molar-refractivity contribution in [1.82, 2.24) is 0 Å². The third kappa shape index (κ3) is 2.03. The van der Waals surface area contributed by atoms with Crippen molar-refractivity contribution in [3.63, 3.8) is 0 Å². The number of nitro groups is 1. The Balaban J connectivity index is 1.56. The molecule has 2 bridgehead atoms. The first-order valence-corrected chi connectivity index (χ1v) is 8.15. The monoisotopic (exact) mass is 286 g/mol. The maximum atomic E-state index is 11.3. The molecule has 1 aromatic rings. The van der Waals surface area contributed by atoms with Crippen LogP contribution in [0.1, 0.15) is 37.7 Å².